The van der Waals surface area contributed by atoms with Crippen molar-refractivity contribution in [2.45, 2.75) is 38.6 Å². The van der Waals surface area contributed by atoms with E-state index in [1.165, 1.54) is 6.07 Å². The average molecular weight is 403 g/mol. The molecule has 1 unspecified atom stereocenters. The number of halogens is 1. The molecule has 154 valence electrons. The minimum atomic E-state index is -0.190. The summed E-state index contributed by atoms with van der Waals surface area (Å²) in [5.41, 5.74) is 2.79. The molecule has 1 heterocycles. The summed E-state index contributed by atoms with van der Waals surface area (Å²) in [5.74, 6) is 1.53. The van der Waals surface area contributed by atoms with Crippen LogP contribution in [0.1, 0.15) is 37.3 Å². The van der Waals surface area contributed by atoms with Gasteiger partial charge in [-0.2, -0.15) is 0 Å². The minimum Gasteiger partial charge on any atom is -0.457 e. The molecule has 1 saturated heterocycles. The summed E-state index contributed by atoms with van der Waals surface area (Å²) in [7, 11) is 0. The molecule has 3 aromatic rings. The number of carbonyl (C=O) groups is 1. The summed E-state index contributed by atoms with van der Waals surface area (Å²) in [5, 5.41) is 0. The van der Waals surface area contributed by atoms with Gasteiger partial charge in [0, 0.05) is 31.1 Å². The first kappa shape index (κ1) is 20.1. The lowest BCUT2D eigenvalue weighted by Crippen LogP contribution is -2.30. The minimum absolute atomic E-state index is 0.190. The molecule has 1 fully saturated rings. The van der Waals surface area contributed by atoms with E-state index in [2.05, 4.69) is 17.0 Å². The second kappa shape index (κ2) is 9.12. The molecule has 0 N–H and O–H groups in total. The highest BCUT2D eigenvalue weighted by Crippen LogP contribution is 2.30. The van der Waals surface area contributed by atoms with Crippen molar-refractivity contribution in [3.05, 3.63) is 89.7 Å². The monoisotopic (exact) mass is 403 g/mol. The Bertz CT molecular complexity index is 1020. The fourth-order valence-corrected chi connectivity index (χ4v) is 4.14. The number of ketones is 1. The zero-order valence-electron chi connectivity index (χ0n) is 17.2. The van der Waals surface area contributed by atoms with Crippen LogP contribution in [0.25, 0.3) is 0 Å². The lowest BCUT2D eigenvalue weighted by atomic mass is 10.0. The maximum atomic E-state index is 13.9. The Hall–Kier alpha value is -3.14. The van der Waals surface area contributed by atoms with E-state index in [9.17, 15) is 9.18 Å². The number of Topliss-reactive ketones (excluding diaryl/α,β-unsaturated/α-hetero) is 1. The fourth-order valence-electron chi connectivity index (χ4n) is 4.14. The summed E-state index contributed by atoms with van der Waals surface area (Å²) >= 11 is 0. The van der Waals surface area contributed by atoms with E-state index in [0.29, 0.717) is 24.4 Å². The molecular weight excluding hydrogens is 377 g/mol. The molecule has 0 saturated carbocycles. The highest BCUT2D eigenvalue weighted by atomic mass is 19.1. The lowest BCUT2D eigenvalue weighted by molar-refractivity contribution is -0.117. The van der Waals surface area contributed by atoms with Gasteiger partial charge in [0.2, 0.25) is 0 Å². The number of nitrogens with zero attached hydrogens (tertiary/aromatic N) is 1. The zero-order valence-corrected chi connectivity index (χ0v) is 17.2. The van der Waals surface area contributed by atoms with Gasteiger partial charge in [0.25, 0.3) is 0 Å². The van der Waals surface area contributed by atoms with Crippen LogP contribution in [0.2, 0.25) is 0 Å². The number of rotatable bonds is 7. The summed E-state index contributed by atoms with van der Waals surface area (Å²) in [4.78, 5) is 13.8. The Morgan fingerprint density at radius 3 is 2.60 bits per heavy atom. The van der Waals surface area contributed by atoms with Gasteiger partial charge in [0.15, 0.2) is 0 Å². The third kappa shape index (κ3) is 4.88. The molecule has 3 nitrogen and oxygen atoms in total. The first-order valence-corrected chi connectivity index (χ1v) is 10.4. The van der Waals surface area contributed by atoms with Crippen molar-refractivity contribution in [3.8, 4) is 11.5 Å². The average Bonchev–Trinajstić information content (AvgIpc) is 3.18. The lowest BCUT2D eigenvalue weighted by Gasteiger charge is -2.26. The van der Waals surface area contributed by atoms with Crippen LogP contribution in [0.5, 0.6) is 11.5 Å². The Labute approximate surface area is 177 Å². The van der Waals surface area contributed by atoms with Crippen LogP contribution in [0.4, 0.5) is 10.1 Å². The third-order valence-electron chi connectivity index (χ3n) is 5.56. The van der Waals surface area contributed by atoms with Crippen LogP contribution < -0.4 is 9.64 Å². The van der Waals surface area contributed by atoms with E-state index in [0.717, 1.165) is 42.1 Å². The highest BCUT2D eigenvalue weighted by Gasteiger charge is 2.25. The second-order valence-electron chi connectivity index (χ2n) is 7.91. The first-order valence-electron chi connectivity index (χ1n) is 10.4. The van der Waals surface area contributed by atoms with Crippen LogP contribution in [0.3, 0.4) is 0 Å². The van der Waals surface area contributed by atoms with Crippen molar-refractivity contribution in [1.29, 1.82) is 0 Å². The van der Waals surface area contributed by atoms with Crippen molar-refractivity contribution in [1.82, 2.24) is 0 Å². The maximum absolute atomic E-state index is 13.9. The van der Waals surface area contributed by atoms with E-state index in [4.69, 9.17) is 4.74 Å². The van der Waals surface area contributed by atoms with Crippen molar-refractivity contribution in [2.75, 3.05) is 11.4 Å². The zero-order chi connectivity index (χ0) is 20.9. The number of hydrogen-bond acceptors (Lipinski definition) is 3. The van der Waals surface area contributed by atoms with E-state index in [-0.39, 0.29) is 11.6 Å². The third-order valence-corrected chi connectivity index (χ3v) is 5.56. The van der Waals surface area contributed by atoms with E-state index in [1.807, 2.05) is 42.5 Å². The predicted octanol–water partition coefficient (Wildman–Crippen LogP) is 6.16. The molecule has 30 heavy (non-hydrogen) atoms. The second-order valence-corrected chi connectivity index (χ2v) is 7.91. The standard InChI is InChI=1S/C26H26FNO2/c1-19(29)16-23-8-5-15-28(23)22-11-13-24(14-12-22)30-25-9-4-6-20(18-25)17-21-7-2-3-10-26(21)27/h2-4,6-7,9-14,18,23H,5,8,15-17H2,1H3. The molecular formula is C26H26FNO2. The first-order chi connectivity index (χ1) is 14.6. The van der Waals surface area contributed by atoms with Gasteiger partial charge in [-0.05, 0) is 73.4 Å². The van der Waals surface area contributed by atoms with Gasteiger partial charge < -0.3 is 9.64 Å². The summed E-state index contributed by atoms with van der Waals surface area (Å²) in [6, 6.07) is 22.9. The summed E-state index contributed by atoms with van der Waals surface area (Å²) in [6.45, 7) is 2.64. The molecule has 4 rings (SSSR count). The van der Waals surface area contributed by atoms with E-state index in [1.54, 1.807) is 19.1 Å². The largest absolute Gasteiger partial charge is 0.457 e. The van der Waals surface area contributed by atoms with Gasteiger partial charge in [-0.25, -0.2) is 4.39 Å². The van der Waals surface area contributed by atoms with Crippen molar-refractivity contribution >= 4 is 11.5 Å². The molecule has 3 aromatic carbocycles. The Kier molecular flexibility index (Phi) is 6.12. The van der Waals surface area contributed by atoms with Crippen molar-refractivity contribution in [3.63, 3.8) is 0 Å². The Morgan fingerprint density at radius 2 is 1.83 bits per heavy atom. The number of benzene rings is 3. The number of anilines is 1. The van der Waals surface area contributed by atoms with Gasteiger partial charge in [0.1, 0.15) is 23.1 Å². The van der Waals surface area contributed by atoms with Crippen LogP contribution >= 0.6 is 0 Å². The fraction of sp³-hybridized carbons (Fsp3) is 0.269. The maximum Gasteiger partial charge on any atom is 0.131 e. The highest BCUT2D eigenvalue weighted by molar-refractivity contribution is 5.77. The van der Waals surface area contributed by atoms with Crippen LogP contribution in [-0.2, 0) is 11.2 Å². The van der Waals surface area contributed by atoms with Gasteiger partial charge in [-0.3, -0.25) is 4.79 Å². The quantitative estimate of drug-likeness (QED) is 0.473. The van der Waals surface area contributed by atoms with Crippen LogP contribution in [0.15, 0.2) is 72.8 Å². The van der Waals surface area contributed by atoms with Gasteiger partial charge >= 0.3 is 0 Å². The normalized spacial score (nSPS) is 15.9. The molecule has 1 aliphatic rings. The van der Waals surface area contributed by atoms with Crippen molar-refractivity contribution < 1.29 is 13.9 Å². The topological polar surface area (TPSA) is 29.5 Å². The van der Waals surface area contributed by atoms with Crippen molar-refractivity contribution in [2.24, 2.45) is 0 Å². The molecule has 0 spiro atoms. The SMILES string of the molecule is CC(=O)CC1CCCN1c1ccc(Oc2cccc(Cc3ccccc3F)c2)cc1. The molecule has 4 heteroatoms. The molecule has 0 bridgehead atoms. The van der Waals surface area contributed by atoms with E-state index < -0.39 is 0 Å². The van der Waals surface area contributed by atoms with Gasteiger partial charge in [-0.1, -0.05) is 30.3 Å². The van der Waals surface area contributed by atoms with Gasteiger partial charge in [0.05, 0.1) is 0 Å². The number of hydrogen-bond donors (Lipinski definition) is 0. The molecule has 0 aliphatic carbocycles. The molecule has 1 aliphatic heterocycles. The molecule has 1 atom stereocenters. The Morgan fingerprint density at radius 1 is 1.03 bits per heavy atom. The van der Waals surface area contributed by atoms with Crippen LogP contribution in [-0.4, -0.2) is 18.4 Å². The molecule has 0 amide bonds. The predicted molar refractivity (Wildman–Crippen MR) is 118 cm³/mol. The van der Waals surface area contributed by atoms with Gasteiger partial charge in [-0.15, -0.1) is 0 Å². The van der Waals surface area contributed by atoms with Crippen LogP contribution in [0, 0.1) is 5.82 Å². The summed E-state index contributed by atoms with van der Waals surface area (Å²) in [6.07, 6.45) is 3.31. The smallest absolute Gasteiger partial charge is 0.131 e. The summed E-state index contributed by atoms with van der Waals surface area (Å²) < 4.78 is 20.0. The number of carbonyl (C=O) groups excluding carboxylic acids is 1. The molecule has 0 aromatic heterocycles. The molecule has 0 radical (unpaired) electrons. The van der Waals surface area contributed by atoms with E-state index >= 15 is 0 Å². The Balaban J connectivity index is 1.43. The number of ether oxygens (including phenoxy) is 1.